The Balaban J connectivity index is 2.69. The number of carboxylic acids is 2. The second kappa shape index (κ2) is 7.47. The number of hydrogen-bond donors (Lipinski definition) is 2. The fourth-order valence-corrected chi connectivity index (χ4v) is 2.23. The lowest BCUT2D eigenvalue weighted by Gasteiger charge is -2.14. The molecule has 134 valence electrons. The Bertz CT molecular complexity index is 838. The highest BCUT2D eigenvalue weighted by molar-refractivity contribution is 5.93. The smallest absolute Gasteiger partial charge is 0.335 e. The van der Waals surface area contributed by atoms with Gasteiger partial charge in [0.05, 0.1) is 11.1 Å². The van der Waals surface area contributed by atoms with Crippen LogP contribution in [0, 0.1) is 0 Å². The minimum absolute atomic E-state index is 0.0612. The molecule has 0 bridgehead atoms. The number of hydrogen-bond acceptors (Lipinski definition) is 6. The summed E-state index contributed by atoms with van der Waals surface area (Å²) in [6.45, 7) is 2.30. The van der Waals surface area contributed by atoms with Gasteiger partial charge in [0.2, 0.25) is 0 Å². The van der Waals surface area contributed by atoms with Crippen LogP contribution in [0.1, 0.15) is 34.6 Å². The quantitative estimate of drug-likeness (QED) is 0.617. The van der Waals surface area contributed by atoms with Crippen molar-refractivity contribution in [2.45, 2.75) is 13.8 Å². The van der Waals surface area contributed by atoms with Crippen molar-refractivity contribution in [3.8, 4) is 22.6 Å². The van der Waals surface area contributed by atoms with Gasteiger partial charge in [0.25, 0.3) is 0 Å². The van der Waals surface area contributed by atoms with E-state index in [9.17, 15) is 19.2 Å². The number of ether oxygens (including phenoxy) is 2. The fourth-order valence-electron chi connectivity index (χ4n) is 2.23. The third kappa shape index (κ3) is 4.23. The molecule has 0 saturated heterocycles. The van der Waals surface area contributed by atoms with Crippen LogP contribution >= 0.6 is 0 Å². The molecule has 0 aliphatic heterocycles. The summed E-state index contributed by atoms with van der Waals surface area (Å²) >= 11 is 0. The average Bonchev–Trinajstić information content (AvgIpc) is 2.53. The van der Waals surface area contributed by atoms with Gasteiger partial charge in [-0.25, -0.2) is 9.59 Å². The highest BCUT2D eigenvalue weighted by Crippen LogP contribution is 2.38. The molecule has 0 radical (unpaired) electrons. The van der Waals surface area contributed by atoms with Gasteiger partial charge in [0.15, 0.2) is 0 Å². The number of aromatic carboxylic acids is 2. The molecular formula is C18H14O8. The van der Waals surface area contributed by atoms with Crippen LogP contribution in [0.3, 0.4) is 0 Å². The number of esters is 2. The van der Waals surface area contributed by atoms with E-state index in [4.69, 9.17) is 19.7 Å². The molecule has 0 atom stereocenters. The van der Waals surface area contributed by atoms with E-state index in [2.05, 4.69) is 0 Å². The summed E-state index contributed by atoms with van der Waals surface area (Å²) in [5.41, 5.74) is 0.305. The Morgan fingerprint density at radius 2 is 1.04 bits per heavy atom. The Morgan fingerprint density at radius 3 is 1.31 bits per heavy atom. The molecule has 0 aliphatic carbocycles. The Hall–Kier alpha value is -3.68. The average molecular weight is 358 g/mol. The van der Waals surface area contributed by atoms with Gasteiger partial charge in [0, 0.05) is 25.0 Å². The van der Waals surface area contributed by atoms with Gasteiger partial charge in [-0.1, -0.05) is 0 Å². The first-order valence-electron chi connectivity index (χ1n) is 7.31. The summed E-state index contributed by atoms with van der Waals surface area (Å²) in [6, 6.07) is 7.64. The molecule has 2 rings (SSSR count). The summed E-state index contributed by atoms with van der Waals surface area (Å²) < 4.78 is 10.1. The molecule has 2 N–H and O–H groups in total. The summed E-state index contributed by atoms with van der Waals surface area (Å²) in [5, 5.41) is 18.2. The third-order valence-electron chi connectivity index (χ3n) is 3.25. The third-order valence-corrected chi connectivity index (χ3v) is 3.25. The maximum atomic E-state index is 11.4. The molecule has 0 aliphatic rings. The zero-order valence-electron chi connectivity index (χ0n) is 13.8. The highest BCUT2D eigenvalue weighted by atomic mass is 16.5. The number of carboxylic acid groups (broad SMARTS) is 2. The zero-order chi connectivity index (χ0) is 19.4. The maximum Gasteiger partial charge on any atom is 0.335 e. The molecule has 0 spiro atoms. The molecule has 8 nitrogen and oxygen atoms in total. The van der Waals surface area contributed by atoms with E-state index < -0.39 is 23.9 Å². The van der Waals surface area contributed by atoms with Crippen LogP contribution in [0.25, 0.3) is 11.1 Å². The van der Waals surface area contributed by atoms with Gasteiger partial charge >= 0.3 is 23.9 Å². The van der Waals surface area contributed by atoms with Crippen LogP contribution in [-0.4, -0.2) is 34.1 Å². The topological polar surface area (TPSA) is 127 Å². The summed E-state index contributed by atoms with van der Waals surface area (Å²) in [5.74, 6) is -3.91. The van der Waals surface area contributed by atoms with Crippen LogP contribution in [-0.2, 0) is 9.59 Å². The van der Waals surface area contributed by atoms with Gasteiger partial charge in [-0.05, 0) is 36.4 Å². The van der Waals surface area contributed by atoms with Crippen molar-refractivity contribution in [3.63, 3.8) is 0 Å². The van der Waals surface area contributed by atoms with E-state index in [1.807, 2.05) is 0 Å². The van der Waals surface area contributed by atoms with Gasteiger partial charge < -0.3 is 19.7 Å². The van der Waals surface area contributed by atoms with Gasteiger partial charge in [-0.3, -0.25) is 9.59 Å². The molecule has 0 fully saturated rings. The zero-order valence-corrected chi connectivity index (χ0v) is 13.8. The molecule has 2 aromatic carbocycles. The number of rotatable bonds is 5. The Labute approximate surface area is 147 Å². The lowest BCUT2D eigenvalue weighted by Crippen LogP contribution is -2.07. The van der Waals surface area contributed by atoms with E-state index in [1.54, 1.807) is 0 Å². The van der Waals surface area contributed by atoms with Crippen molar-refractivity contribution < 1.29 is 38.9 Å². The monoisotopic (exact) mass is 358 g/mol. The normalized spacial score (nSPS) is 10.1. The largest absolute Gasteiger partial charge is 0.478 e. The first kappa shape index (κ1) is 18.7. The second-order valence-corrected chi connectivity index (χ2v) is 5.22. The van der Waals surface area contributed by atoms with Crippen molar-refractivity contribution in [2.24, 2.45) is 0 Å². The maximum absolute atomic E-state index is 11.4. The van der Waals surface area contributed by atoms with Crippen LogP contribution in [0.5, 0.6) is 11.5 Å². The van der Waals surface area contributed by atoms with E-state index in [-0.39, 0.29) is 33.8 Å². The van der Waals surface area contributed by atoms with Crippen molar-refractivity contribution in [2.75, 3.05) is 0 Å². The standard InChI is InChI=1S/C18H14O8/c1-9(19)25-15-7-11(17(21)22)3-5-13(15)14-6-4-12(18(23)24)8-16(14)26-10(2)20/h3-8H,1-2H3,(H,21,22)(H,23,24). The minimum Gasteiger partial charge on any atom is -0.478 e. The SMILES string of the molecule is CC(=O)Oc1cc(C(=O)O)ccc1-c1ccc(C(=O)O)cc1OC(C)=O. The number of carbonyl (C=O) groups is 4. The van der Waals surface area contributed by atoms with Gasteiger partial charge in [-0.15, -0.1) is 0 Å². The Kier molecular flexibility index (Phi) is 5.36. The van der Waals surface area contributed by atoms with Crippen LogP contribution < -0.4 is 9.47 Å². The predicted molar refractivity (Wildman–Crippen MR) is 88.4 cm³/mol. The fraction of sp³-hybridized carbons (Fsp3) is 0.111. The molecule has 0 amide bonds. The summed E-state index contributed by atoms with van der Waals surface area (Å²) in [6.07, 6.45) is 0. The van der Waals surface area contributed by atoms with Crippen LogP contribution in [0.15, 0.2) is 36.4 Å². The van der Waals surface area contributed by atoms with Gasteiger partial charge in [-0.2, -0.15) is 0 Å². The number of carbonyl (C=O) groups excluding carboxylic acids is 2. The molecule has 0 saturated carbocycles. The number of benzene rings is 2. The first-order chi connectivity index (χ1) is 12.2. The Morgan fingerprint density at radius 1 is 0.692 bits per heavy atom. The lowest BCUT2D eigenvalue weighted by atomic mass is 10.00. The highest BCUT2D eigenvalue weighted by Gasteiger charge is 2.18. The molecular weight excluding hydrogens is 344 g/mol. The van der Waals surface area contributed by atoms with Crippen molar-refractivity contribution >= 4 is 23.9 Å². The van der Waals surface area contributed by atoms with E-state index in [0.717, 1.165) is 26.0 Å². The van der Waals surface area contributed by atoms with Crippen molar-refractivity contribution in [3.05, 3.63) is 47.5 Å². The molecule has 26 heavy (non-hydrogen) atoms. The molecule has 0 heterocycles. The molecule has 0 unspecified atom stereocenters. The first-order valence-corrected chi connectivity index (χ1v) is 7.31. The summed E-state index contributed by atoms with van der Waals surface area (Å²) in [4.78, 5) is 45.0. The second-order valence-electron chi connectivity index (χ2n) is 5.22. The van der Waals surface area contributed by atoms with Crippen molar-refractivity contribution in [1.29, 1.82) is 0 Å². The van der Waals surface area contributed by atoms with Gasteiger partial charge in [0.1, 0.15) is 11.5 Å². The van der Waals surface area contributed by atoms with Crippen molar-refractivity contribution in [1.82, 2.24) is 0 Å². The minimum atomic E-state index is -1.22. The van der Waals surface area contributed by atoms with E-state index >= 15 is 0 Å². The molecule has 0 aromatic heterocycles. The summed E-state index contributed by atoms with van der Waals surface area (Å²) in [7, 11) is 0. The van der Waals surface area contributed by atoms with Crippen LogP contribution in [0.2, 0.25) is 0 Å². The lowest BCUT2D eigenvalue weighted by molar-refractivity contribution is -0.132. The van der Waals surface area contributed by atoms with E-state index in [1.165, 1.54) is 24.3 Å². The molecule has 2 aromatic rings. The molecule has 8 heteroatoms. The van der Waals surface area contributed by atoms with Crippen LogP contribution in [0.4, 0.5) is 0 Å². The predicted octanol–water partition coefficient (Wildman–Crippen LogP) is 2.60. The van der Waals surface area contributed by atoms with E-state index in [0.29, 0.717) is 0 Å².